The standard InChI is InChI=1S/C15H25NO4S/c1-4-15(17)13-6-5-7-14(10-13)21(18,19)16-8-9-20-11-12(2)3/h5-7,10,12,15-17H,4,8-9,11H2,1-3H3. The Bertz CT molecular complexity index is 528. The predicted octanol–water partition coefficient (Wildman–Crippen LogP) is 2.08. The zero-order chi connectivity index (χ0) is 15.9. The lowest BCUT2D eigenvalue weighted by atomic mass is 10.1. The van der Waals surface area contributed by atoms with Crippen LogP contribution in [0.1, 0.15) is 38.9 Å². The predicted molar refractivity (Wildman–Crippen MR) is 82.5 cm³/mol. The lowest BCUT2D eigenvalue weighted by molar-refractivity contribution is 0.114. The molecule has 2 N–H and O–H groups in total. The summed E-state index contributed by atoms with van der Waals surface area (Å²) in [6.07, 6.45) is -0.102. The Balaban J connectivity index is 2.62. The second-order valence-corrected chi connectivity index (χ2v) is 7.13. The van der Waals surface area contributed by atoms with Gasteiger partial charge in [0.05, 0.1) is 17.6 Å². The average molecular weight is 315 g/mol. The van der Waals surface area contributed by atoms with Crippen LogP contribution in [0.4, 0.5) is 0 Å². The molecule has 120 valence electrons. The first-order chi connectivity index (χ1) is 9.86. The van der Waals surface area contributed by atoms with E-state index in [9.17, 15) is 13.5 Å². The van der Waals surface area contributed by atoms with Gasteiger partial charge in [-0.2, -0.15) is 0 Å². The van der Waals surface area contributed by atoms with Crippen LogP contribution in [0.25, 0.3) is 0 Å². The normalized spacial score (nSPS) is 13.6. The van der Waals surface area contributed by atoms with Gasteiger partial charge in [0, 0.05) is 13.2 Å². The summed E-state index contributed by atoms with van der Waals surface area (Å²) < 4.78 is 32.1. The average Bonchev–Trinajstić information content (AvgIpc) is 2.45. The second-order valence-electron chi connectivity index (χ2n) is 5.36. The summed E-state index contributed by atoms with van der Waals surface area (Å²) in [6.45, 7) is 7.10. The Morgan fingerprint density at radius 1 is 1.33 bits per heavy atom. The third kappa shape index (κ3) is 6.13. The summed E-state index contributed by atoms with van der Waals surface area (Å²) in [5.74, 6) is 0.425. The molecule has 6 heteroatoms. The summed E-state index contributed by atoms with van der Waals surface area (Å²) in [6, 6.07) is 6.38. The monoisotopic (exact) mass is 315 g/mol. The van der Waals surface area contributed by atoms with Crippen LogP contribution in [0.2, 0.25) is 0 Å². The van der Waals surface area contributed by atoms with Crippen molar-refractivity contribution >= 4 is 10.0 Å². The van der Waals surface area contributed by atoms with Crippen molar-refractivity contribution in [2.24, 2.45) is 5.92 Å². The largest absolute Gasteiger partial charge is 0.388 e. The smallest absolute Gasteiger partial charge is 0.240 e. The van der Waals surface area contributed by atoms with Crippen LogP contribution in [-0.4, -0.2) is 33.3 Å². The molecule has 0 saturated carbocycles. The first-order valence-electron chi connectivity index (χ1n) is 7.22. The molecular weight excluding hydrogens is 290 g/mol. The van der Waals surface area contributed by atoms with E-state index in [1.807, 2.05) is 20.8 Å². The van der Waals surface area contributed by atoms with E-state index in [-0.39, 0.29) is 11.4 Å². The van der Waals surface area contributed by atoms with E-state index in [0.29, 0.717) is 31.1 Å². The molecule has 0 aliphatic heterocycles. The van der Waals surface area contributed by atoms with Gasteiger partial charge < -0.3 is 9.84 Å². The van der Waals surface area contributed by atoms with Gasteiger partial charge in [0.25, 0.3) is 0 Å². The van der Waals surface area contributed by atoms with Crippen molar-refractivity contribution in [2.75, 3.05) is 19.8 Å². The number of aliphatic hydroxyl groups excluding tert-OH is 1. The van der Waals surface area contributed by atoms with E-state index >= 15 is 0 Å². The van der Waals surface area contributed by atoms with Crippen molar-refractivity contribution < 1.29 is 18.3 Å². The van der Waals surface area contributed by atoms with Crippen LogP contribution >= 0.6 is 0 Å². The Labute approximate surface area is 127 Å². The molecule has 0 amide bonds. The SMILES string of the molecule is CCC(O)c1cccc(S(=O)(=O)NCCOCC(C)C)c1. The molecule has 1 unspecified atom stereocenters. The van der Waals surface area contributed by atoms with E-state index in [4.69, 9.17) is 4.74 Å². The number of aliphatic hydroxyl groups is 1. The molecule has 5 nitrogen and oxygen atoms in total. The molecule has 0 saturated heterocycles. The molecule has 0 fully saturated rings. The van der Waals surface area contributed by atoms with Gasteiger partial charge in [0.1, 0.15) is 0 Å². The number of ether oxygens (including phenoxy) is 1. The molecule has 1 rings (SSSR count). The quantitative estimate of drug-likeness (QED) is 0.684. The van der Waals surface area contributed by atoms with Crippen molar-refractivity contribution in [1.29, 1.82) is 0 Å². The summed E-state index contributed by atoms with van der Waals surface area (Å²) in [4.78, 5) is 0.163. The number of benzene rings is 1. The molecule has 0 bridgehead atoms. The molecule has 0 aliphatic rings. The Morgan fingerprint density at radius 2 is 2.05 bits per heavy atom. The van der Waals surface area contributed by atoms with Crippen molar-refractivity contribution in [3.05, 3.63) is 29.8 Å². The van der Waals surface area contributed by atoms with E-state index in [1.54, 1.807) is 12.1 Å². The highest BCUT2D eigenvalue weighted by atomic mass is 32.2. The van der Waals surface area contributed by atoms with Gasteiger partial charge in [-0.15, -0.1) is 0 Å². The zero-order valence-electron chi connectivity index (χ0n) is 12.9. The minimum atomic E-state index is -3.57. The number of hydrogen-bond acceptors (Lipinski definition) is 4. The van der Waals surface area contributed by atoms with E-state index in [1.165, 1.54) is 12.1 Å². The highest BCUT2D eigenvalue weighted by Crippen LogP contribution is 2.19. The molecule has 0 heterocycles. The van der Waals surface area contributed by atoms with Crippen molar-refractivity contribution in [2.45, 2.75) is 38.2 Å². The summed E-state index contributed by atoms with van der Waals surface area (Å²) in [7, 11) is -3.57. The Morgan fingerprint density at radius 3 is 2.67 bits per heavy atom. The lowest BCUT2D eigenvalue weighted by Gasteiger charge is -2.12. The number of nitrogens with one attached hydrogen (secondary N) is 1. The Kier molecular flexibility index (Phi) is 7.31. The van der Waals surface area contributed by atoms with Crippen LogP contribution < -0.4 is 4.72 Å². The highest BCUT2D eigenvalue weighted by molar-refractivity contribution is 7.89. The van der Waals surface area contributed by atoms with E-state index in [0.717, 1.165) is 0 Å². The highest BCUT2D eigenvalue weighted by Gasteiger charge is 2.15. The fourth-order valence-corrected chi connectivity index (χ4v) is 2.84. The van der Waals surface area contributed by atoms with Crippen LogP contribution in [0, 0.1) is 5.92 Å². The van der Waals surface area contributed by atoms with Gasteiger partial charge in [0.2, 0.25) is 10.0 Å². The third-order valence-electron chi connectivity index (χ3n) is 2.93. The van der Waals surface area contributed by atoms with Gasteiger partial charge >= 0.3 is 0 Å². The van der Waals surface area contributed by atoms with Crippen LogP contribution in [0.3, 0.4) is 0 Å². The van der Waals surface area contributed by atoms with Crippen LogP contribution in [-0.2, 0) is 14.8 Å². The molecule has 1 aromatic rings. The first-order valence-corrected chi connectivity index (χ1v) is 8.70. The fraction of sp³-hybridized carbons (Fsp3) is 0.600. The van der Waals surface area contributed by atoms with Gasteiger partial charge in [-0.05, 0) is 30.0 Å². The third-order valence-corrected chi connectivity index (χ3v) is 4.39. The minimum absolute atomic E-state index is 0.163. The Hall–Kier alpha value is -0.950. The molecule has 21 heavy (non-hydrogen) atoms. The maximum atomic E-state index is 12.1. The second kappa shape index (κ2) is 8.48. The van der Waals surface area contributed by atoms with Gasteiger partial charge in [-0.1, -0.05) is 32.9 Å². The molecule has 1 aromatic carbocycles. The molecule has 0 spiro atoms. The van der Waals surface area contributed by atoms with Crippen molar-refractivity contribution in [3.63, 3.8) is 0 Å². The minimum Gasteiger partial charge on any atom is -0.388 e. The van der Waals surface area contributed by atoms with Crippen molar-refractivity contribution in [1.82, 2.24) is 4.72 Å². The zero-order valence-corrected chi connectivity index (χ0v) is 13.7. The van der Waals surface area contributed by atoms with Gasteiger partial charge in [-0.3, -0.25) is 0 Å². The maximum absolute atomic E-state index is 12.1. The topological polar surface area (TPSA) is 75.6 Å². The van der Waals surface area contributed by atoms with Gasteiger partial charge in [0.15, 0.2) is 0 Å². The summed E-state index contributed by atoms with van der Waals surface area (Å²) in [5, 5.41) is 9.78. The van der Waals surface area contributed by atoms with Gasteiger partial charge in [-0.25, -0.2) is 13.1 Å². The summed E-state index contributed by atoms with van der Waals surface area (Å²) >= 11 is 0. The lowest BCUT2D eigenvalue weighted by Crippen LogP contribution is -2.28. The number of sulfonamides is 1. The first kappa shape index (κ1) is 18.1. The number of rotatable bonds is 9. The molecule has 1 atom stereocenters. The van der Waals surface area contributed by atoms with Crippen molar-refractivity contribution in [3.8, 4) is 0 Å². The molecule has 0 radical (unpaired) electrons. The summed E-state index contributed by atoms with van der Waals surface area (Å²) in [5.41, 5.74) is 0.608. The van der Waals surface area contributed by atoms with Crippen LogP contribution in [0.15, 0.2) is 29.2 Å². The fourth-order valence-electron chi connectivity index (χ4n) is 1.78. The van der Waals surface area contributed by atoms with E-state index in [2.05, 4.69) is 4.72 Å². The molecular formula is C15H25NO4S. The molecule has 0 aromatic heterocycles. The van der Waals surface area contributed by atoms with E-state index < -0.39 is 16.1 Å². The van der Waals surface area contributed by atoms with Crippen LogP contribution in [0.5, 0.6) is 0 Å². The molecule has 0 aliphatic carbocycles. The maximum Gasteiger partial charge on any atom is 0.240 e. The number of hydrogen-bond donors (Lipinski definition) is 2.